The molecule has 0 heterocycles. The maximum Gasteiger partial charge on any atom is 0.335 e. The molecule has 3 N–H and O–H groups in total. The molecule has 0 aliphatic carbocycles. The highest BCUT2D eigenvalue weighted by molar-refractivity contribution is 5.88. The molecule has 0 amide bonds. The molecule has 0 bridgehead atoms. The molecule has 15 heavy (non-hydrogen) atoms. The molecule has 82 valence electrons. The van der Waals surface area contributed by atoms with Gasteiger partial charge >= 0.3 is 5.97 Å². The zero-order valence-corrected chi connectivity index (χ0v) is 8.91. The van der Waals surface area contributed by atoms with Crippen LogP contribution < -0.4 is 5.90 Å². The summed E-state index contributed by atoms with van der Waals surface area (Å²) in [5.41, 5.74) is 3.35. The second-order valence-corrected chi connectivity index (χ2v) is 3.50. The second kappa shape index (κ2) is 4.91. The number of hydrogen-bond acceptors (Lipinski definition) is 3. The Labute approximate surface area is 88.6 Å². The Balaban J connectivity index is 3.07. The average molecular weight is 209 g/mol. The van der Waals surface area contributed by atoms with E-state index in [9.17, 15) is 4.79 Å². The van der Waals surface area contributed by atoms with Gasteiger partial charge in [0.15, 0.2) is 0 Å². The molecule has 0 spiro atoms. The summed E-state index contributed by atoms with van der Waals surface area (Å²) in [5.74, 6) is 4.04. The van der Waals surface area contributed by atoms with Crippen molar-refractivity contribution >= 4 is 5.97 Å². The zero-order valence-electron chi connectivity index (χ0n) is 8.91. The summed E-state index contributed by atoms with van der Waals surface area (Å²) < 4.78 is 0. The number of rotatable bonds is 4. The SMILES string of the molecule is Cc1cc(C(=O)O)cc(CCON)c1C. The van der Waals surface area contributed by atoms with E-state index in [-0.39, 0.29) is 0 Å². The standard InChI is InChI=1S/C11H15NO3/c1-7-5-10(11(13)14)6-9(8(7)2)3-4-15-12/h5-6H,3-4,12H2,1-2H3,(H,13,14). The van der Waals surface area contributed by atoms with Crippen LogP contribution in [0.4, 0.5) is 0 Å². The van der Waals surface area contributed by atoms with Gasteiger partial charge in [0.25, 0.3) is 0 Å². The number of carboxylic acid groups (broad SMARTS) is 1. The fraction of sp³-hybridized carbons (Fsp3) is 0.364. The van der Waals surface area contributed by atoms with Crippen molar-refractivity contribution in [3.05, 3.63) is 34.4 Å². The second-order valence-electron chi connectivity index (χ2n) is 3.50. The first-order chi connectivity index (χ1) is 7.06. The smallest absolute Gasteiger partial charge is 0.335 e. The van der Waals surface area contributed by atoms with E-state index in [0.29, 0.717) is 18.6 Å². The van der Waals surface area contributed by atoms with Gasteiger partial charge in [-0.25, -0.2) is 10.7 Å². The van der Waals surface area contributed by atoms with Crippen molar-refractivity contribution in [1.82, 2.24) is 0 Å². The number of aryl methyl sites for hydroxylation is 1. The lowest BCUT2D eigenvalue weighted by Gasteiger charge is -2.09. The Hall–Kier alpha value is -1.39. The van der Waals surface area contributed by atoms with Gasteiger partial charge in [-0.2, -0.15) is 0 Å². The van der Waals surface area contributed by atoms with Crippen LogP contribution in [0.2, 0.25) is 0 Å². The molecule has 0 aromatic heterocycles. The quantitative estimate of drug-likeness (QED) is 0.736. The number of aromatic carboxylic acids is 1. The van der Waals surface area contributed by atoms with Gasteiger partial charge < -0.3 is 9.94 Å². The van der Waals surface area contributed by atoms with E-state index < -0.39 is 5.97 Å². The average Bonchev–Trinajstić information content (AvgIpc) is 2.19. The number of hydrogen-bond donors (Lipinski definition) is 2. The fourth-order valence-corrected chi connectivity index (χ4v) is 1.48. The predicted octanol–water partition coefficient (Wildman–Crippen LogP) is 1.43. The number of carbonyl (C=O) groups is 1. The van der Waals surface area contributed by atoms with Gasteiger partial charge in [-0.3, -0.25) is 0 Å². The Morgan fingerprint density at radius 3 is 2.67 bits per heavy atom. The van der Waals surface area contributed by atoms with Crippen molar-refractivity contribution < 1.29 is 14.7 Å². The molecule has 0 saturated heterocycles. The van der Waals surface area contributed by atoms with E-state index in [1.165, 1.54) is 0 Å². The fourth-order valence-electron chi connectivity index (χ4n) is 1.48. The van der Waals surface area contributed by atoms with Gasteiger partial charge in [-0.05, 0) is 49.1 Å². The van der Waals surface area contributed by atoms with Crippen molar-refractivity contribution in [2.75, 3.05) is 6.61 Å². The topological polar surface area (TPSA) is 72.5 Å². The molecule has 0 unspecified atom stereocenters. The Kier molecular flexibility index (Phi) is 3.82. The van der Waals surface area contributed by atoms with Crippen molar-refractivity contribution in [2.45, 2.75) is 20.3 Å². The van der Waals surface area contributed by atoms with Gasteiger partial charge in [0.1, 0.15) is 0 Å². The molecule has 4 nitrogen and oxygen atoms in total. The Bertz CT molecular complexity index is 374. The number of nitrogens with two attached hydrogens (primary N) is 1. The summed E-state index contributed by atoms with van der Waals surface area (Å²) >= 11 is 0. The molecule has 0 saturated carbocycles. The van der Waals surface area contributed by atoms with Crippen LogP contribution in [0.3, 0.4) is 0 Å². The third-order valence-corrected chi connectivity index (χ3v) is 2.51. The summed E-state index contributed by atoms with van der Waals surface area (Å²) in [6.07, 6.45) is 0.629. The van der Waals surface area contributed by atoms with Crippen molar-refractivity contribution in [2.24, 2.45) is 5.90 Å². The normalized spacial score (nSPS) is 10.3. The Morgan fingerprint density at radius 2 is 2.13 bits per heavy atom. The third kappa shape index (κ3) is 2.78. The lowest BCUT2D eigenvalue weighted by atomic mass is 9.98. The minimum Gasteiger partial charge on any atom is -0.478 e. The molecule has 1 aromatic rings. The molecule has 0 radical (unpaired) electrons. The van der Waals surface area contributed by atoms with Crippen molar-refractivity contribution in [1.29, 1.82) is 0 Å². The highest BCUT2D eigenvalue weighted by Gasteiger charge is 2.08. The first-order valence-corrected chi connectivity index (χ1v) is 4.71. The molecule has 0 atom stereocenters. The summed E-state index contributed by atoms with van der Waals surface area (Å²) in [6.45, 7) is 4.25. The van der Waals surface area contributed by atoms with Crippen molar-refractivity contribution in [3.8, 4) is 0 Å². The van der Waals surface area contributed by atoms with Crippen LogP contribution in [0.25, 0.3) is 0 Å². The summed E-state index contributed by atoms with van der Waals surface area (Å²) in [7, 11) is 0. The first kappa shape index (κ1) is 11.7. The van der Waals surface area contributed by atoms with Crippen LogP contribution in [0.1, 0.15) is 27.0 Å². The number of benzene rings is 1. The highest BCUT2D eigenvalue weighted by atomic mass is 16.6. The van der Waals surface area contributed by atoms with E-state index >= 15 is 0 Å². The molecule has 1 aromatic carbocycles. The maximum absolute atomic E-state index is 10.8. The molecular weight excluding hydrogens is 194 g/mol. The van der Waals surface area contributed by atoms with Crippen LogP contribution >= 0.6 is 0 Å². The van der Waals surface area contributed by atoms with Crippen LogP contribution in [-0.4, -0.2) is 17.7 Å². The van der Waals surface area contributed by atoms with E-state index in [1.54, 1.807) is 12.1 Å². The molecule has 0 aliphatic rings. The van der Waals surface area contributed by atoms with Gasteiger partial charge in [0.05, 0.1) is 12.2 Å². The third-order valence-electron chi connectivity index (χ3n) is 2.51. The largest absolute Gasteiger partial charge is 0.478 e. The van der Waals surface area contributed by atoms with Gasteiger partial charge in [-0.15, -0.1) is 0 Å². The zero-order chi connectivity index (χ0) is 11.4. The van der Waals surface area contributed by atoms with Gasteiger partial charge in [-0.1, -0.05) is 0 Å². The van der Waals surface area contributed by atoms with Crippen LogP contribution in [0, 0.1) is 13.8 Å². The van der Waals surface area contributed by atoms with E-state index in [0.717, 1.165) is 16.7 Å². The van der Waals surface area contributed by atoms with Crippen LogP contribution in [-0.2, 0) is 11.3 Å². The summed E-state index contributed by atoms with van der Waals surface area (Å²) in [4.78, 5) is 15.3. The summed E-state index contributed by atoms with van der Waals surface area (Å²) in [5, 5.41) is 8.89. The molecule has 0 aliphatic heterocycles. The molecular formula is C11H15NO3. The monoisotopic (exact) mass is 209 g/mol. The highest BCUT2D eigenvalue weighted by Crippen LogP contribution is 2.17. The first-order valence-electron chi connectivity index (χ1n) is 4.71. The number of carboxylic acids is 1. The van der Waals surface area contributed by atoms with Gasteiger partial charge in [0, 0.05) is 0 Å². The molecule has 0 fully saturated rings. The lowest BCUT2D eigenvalue weighted by Crippen LogP contribution is -2.07. The van der Waals surface area contributed by atoms with Gasteiger partial charge in [0.2, 0.25) is 0 Å². The molecule has 1 rings (SSSR count). The predicted molar refractivity (Wildman–Crippen MR) is 56.7 cm³/mol. The van der Waals surface area contributed by atoms with E-state index in [2.05, 4.69) is 4.84 Å². The van der Waals surface area contributed by atoms with E-state index in [1.807, 2.05) is 13.8 Å². The maximum atomic E-state index is 10.8. The minimum absolute atomic E-state index is 0.310. The molecule has 4 heteroatoms. The Morgan fingerprint density at radius 1 is 1.47 bits per heavy atom. The van der Waals surface area contributed by atoms with E-state index in [4.69, 9.17) is 11.0 Å². The summed E-state index contributed by atoms with van der Waals surface area (Å²) in [6, 6.07) is 3.34. The van der Waals surface area contributed by atoms with Crippen LogP contribution in [0.5, 0.6) is 0 Å². The minimum atomic E-state index is -0.909. The van der Waals surface area contributed by atoms with Crippen molar-refractivity contribution in [3.63, 3.8) is 0 Å². The lowest BCUT2D eigenvalue weighted by molar-refractivity contribution is 0.0696. The van der Waals surface area contributed by atoms with Crippen LogP contribution in [0.15, 0.2) is 12.1 Å².